The van der Waals surface area contributed by atoms with Crippen molar-refractivity contribution in [1.29, 1.82) is 0 Å². The zero-order valence-electron chi connectivity index (χ0n) is 11.9. The monoisotopic (exact) mass is 289 g/mol. The predicted molar refractivity (Wildman–Crippen MR) is 76.9 cm³/mol. The lowest BCUT2D eigenvalue weighted by atomic mass is 9.96. The molecule has 2 fully saturated rings. The molecule has 0 radical (unpaired) electrons. The first-order valence-corrected chi connectivity index (χ1v) is 8.88. The minimum absolute atomic E-state index is 0.200. The van der Waals surface area contributed by atoms with E-state index >= 15 is 0 Å². The average Bonchev–Trinajstić information content (AvgIpc) is 2.47. The second kappa shape index (κ2) is 6.52. The van der Waals surface area contributed by atoms with Crippen molar-refractivity contribution in [1.82, 2.24) is 8.61 Å². The van der Waals surface area contributed by atoms with Crippen molar-refractivity contribution in [3.05, 3.63) is 0 Å². The molecule has 0 unspecified atom stereocenters. The molecule has 0 spiro atoms. The summed E-state index contributed by atoms with van der Waals surface area (Å²) in [6.45, 7) is 1.93. The summed E-state index contributed by atoms with van der Waals surface area (Å²) in [5, 5.41) is 0. The Balaban J connectivity index is 1.97. The van der Waals surface area contributed by atoms with Gasteiger partial charge in [0.25, 0.3) is 10.2 Å². The maximum Gasteiger partial charge on any atom is 0.281 e. The number of hydrogen-bond donors (Lipinski definition) is 1. The Labute approximate surface area is 117 Å². The van der Waals surface area contributed by atoms with Crippen LogP contribution in [0.4, 0.5) is 0 Å². The first kappa shape index (κ1) is 15.2. The molecule has 2 aliphatic rings. The van der Waals surface area contributed by atoms with Crippen LogP contribution in [0.15, 0.2) is 0 Å². The zero-order valence-corrected chi connectivity index (χ0v) is 12.7. The maximum absolute atomic E-state index is 12.6. The summed E-state index contributed by atoms with van der Waals surface area (Å²) < 4.78 is 28.5. The van der Waals surface area contributed by atoms with E-state index < -0.39 is 10.2 Å². The van der Waals surface area contributed by atoms with Crippen LogP contribution in [-0.2, 0) is 10.2 Å². The molecule has 0 aromatic heterocycles. The molecular formula is C13H27N3O2S. The highest BCUT2D eigenvalue weighted by Gasteiger charge is 2.34. The topological polar surface area (TPSA) is 66.6 Å². The Morgan fingerprint density at radius 3 is 2.21 bits per heavy atom. The molecule has 1 aliphatic heterocycles. The third kappa shape index (κ3) is 3.48. The van der Waals surface area contributed by atoms with Crippen LogP contribution in [0.5, 0.6) is 0 Å². The minimum atomic E-state index is -3.27. The molecule has 0 bridgehead atoms. The highest BCUT2D eigenvalue weighted by molar-refractivity contribution is 7.86. The Hall–Kier alpha value is -0.170. The molecule has 0 amide bonds. The van der Waals surface area contributed by atoms with Gasteiger partial charge in [0, 0.05) is 26.2 Å². The number of nitrogens with two attached hydrogens (primary N) is 1. The summed E-state index contributed by atoms with van der Waals surface area (Å²) in [7, 11) is -1.52. The largest absolute Gasteiger partial charge is 0.330 e. The normalized spacial score (nSPS) is 25.0. The molecule has 0 atom stereocenters. The molecule has 2 N–H and O–H groups in total. The fraction of sp³-hybridized carbons (Fsp3) is 1.00. The van der Waals surface area contributed by atoms with Crippen molar-refractivity contribution in [3.63, 3.8) is 0 Å². The highest BCUT2D eigenvalue weighted by Crippen LogP contribution is 2.26. The molecule has 2 rings (SSSR count). The van der Waals surface area contributed by atoms with E-state index in [1.54, 1.807) is 15.7 Å². The quantitative estimate of drug-likeness (QED) is 0.844. The van der Waals surface area contributed by atoms with E-state index in [0.29, 0.717) is 25.6 Å². The maximum atomic E-state index is 12.6. The third-order valence-electron chi connectivity index (χ3n) is 4.69. The standard InChI is InChI=1S/C13H27N3O2S/c1-15(13-5-3-2-4-6-13)19(17,18)16-9-7-12(11-14)8-10-16/h12-13H,2-11,14H2,1H3. The SMILES string of the molecule is CN(C1CCCCC1)S(=O)(=O)N1CCC(CN)CC1. The molecule has 5 nitrogen and oxygen atoms in total. The van der Waals surface area contributed by atoms with E-state index in [2.05, 4.69) is 0 Å². The summed E-state index contributed by atoms with van der Waals surface area (Å²) in [6.07, 6.45) is 7.36. The molecule has 0 aromatic carbocycles. The number of nitrogens with zero attached hydrogens (tertiary/aromatic N) is 2. The van der Waals surface area contributed by atoms with E-state index in [9.17, 15) is 8.42 Å². The lowest BCUT2D eigenvalue weighted by Crippen LogP contribution is -2.50. The van der Waals surface area contributed by atoms with Crippen LogP contribution < -0.4 is 5.73 Å². The molecule has 1 saturated carbocycles. The van der Waals surface area contributed by atoms with Crippen LogP contribution >= 0.6 is 0 Å². The smallest absolute Gasteiger partial charge is 0.281 e. The zero-order chi connectivity index (χ0) is 13.9. The minimum Gasteiger partial charge on any atom is -0.330 e. The van der Waals surface area contributed by atoms with Gasteiger partial charge in [0.05, 0.1) is 0 Å². The summed E-state index contributed by atoms with van der Waals surface area (Å²) in [4.78, 5) is 0. The van der Waals surface area contributed by atoms with Gasteiger partial charge in [0.15, 0.2) is 0 Å². The van der Waals surface area contributed by atoms with Crippen LogP contribution in [-0.4, -0.2) is 49.8 Å². The fourth-order valence-electron chi connectivity index (χ4n) is 3.19. The van der Waals surface area contributed by atoms with E-state index in [4.69, 9.17) is 5.73 Å². The van der Waals surface area contributed by atoms with Crippen molar-refractivity contribution < 1.29 is 8.42 Å². The third-order valence-corrected chi connectivity index (χ3v) is 6.73. The second-order valence-electron chi connectivity index (χ2n) is 5.89. The van der Waals surface area contributed by atoms with Crippen molar-refractivity contribution >= 4 is 10.2 Å². The average molecular weight is 289 g/mol. The van der Waals surface area contributed by atoms with Crippen LogP contribution in [0.25, 0.3) is 0 Å². The summed E-state index contributed by atoms with van der Waals surface area (Å²) in [5.74, 6) is 0.492. The van der Waals surface area contributed by atoms with Gasteiger partial charge >= 0.3 is 0 Å². The molecule has 1 heterocycles. The van der Waals surface area contributed by atoms with Gasteiger partial charge in [0.1, 0.15) is 0 Å². The van der Waals surface area contributed by atoms with E-state index in [1.807, 2.05) is 0 Å². The predicted octanol–water partition coefficient (Wildman–Crippen LogP) is 1.17. The first-order chi connectivity index (χ1) is 9.05. The van der Waals surface area contributed by atoms with Crippen molar-refractivity contribution in [3.8, 4) is 0 Å². The molecule has 1 aliphatic carbocycles. The number of piperidine rings is 1. The van der Waals surface area contributed by atoms with Gasteiger partial charge < -0.3 is 5.73 Å². The molecule has 6 heteroatoms. The summed E-state index contributed by atoms with van der Waals surface area (Å²) >= 11 is 0. The van der Waals surface area contributed by atoms with Crippen LogP contribution in [0, 0.1) is 5.92 Å². The Morgan fingerprint density at radius 1 is 1.11 bits per heavy atom. The van der Waals surface area contributed by atoms with Crippen molar-refractivity contribution in [2.45, 2.75) is 51.0 Å². The molecule has 0 aromatic rings. The van der Waals surface area contributed by atoms with Gasteiger partial charge in [-0.15, -0.1) is 0 Å². The molecule has 112 valence electrons. The van der Waals surface area contributed by atoms with E-state index in [0.717, 1.165) is 38.5 Å². The lowest BCUT2D eigenvalue weighted by Gasteiger charge is -2.37. The van der Waals surface area contributed by atoms with Crippen LogP contribution in [0.2, 0.25) is 0 Å². The number of rotatable bonds is 4. The van der Waals surface area contributed by atoms with Gasteiger partial charge in [-0.2, -0.15) is 17.0 Å². The van der Waals surface area contributed by atoms with Crippen molar-refractivity contribution in [2.75, 3.05) is 26.7 Å². The van der Waals surface area contributed by atoms with Gasteiger partial charge in [-0.05, 0) is 38.1 Å². The highest BCUT2D eigenvalue weighted by atomic mass is 32.2. The molecular weight excluding hydrogens is 262 g/mol. The molecule has 19 heavy (non-hydrogen) atoms. The second-order valence-corrected chi connectivity index (χ2v) is 7.88. The van der Waals surface area contributed by atoms with E-state index in [1.165, 1.54) is 6.42 Å². The summed E-state index contributed by atoms with van der Waals surface area (Å²) in [5.41, 5.74) is 5.66. The van der Waals surface area contributed by atoms with Gasteiger partial charge in [-0.25, -0.2) is 0 Å². The fourth-order valence-corrected chi connectivity index (χ4v) is 4.81. The van der Waals surface area contributed by atoms with E-state index in [-0.39, 0.29) is 6.04 Å². The van der Waals surface area contributed by atoms with Gasteiger partial charge in [0.2, 0.25) is 0 Å². The summed E-state index contributed by atoms with van der Waals surface area (Å²) in [6, 6.07) is 0.200. The Morgan fingerprint density at radius 2 is 1.68 bits per heavy atom. The Kier molecular flexibility index (Phi) is 5.22. The van der Waals surface area contributed by atoms with Gasteiger partial charge in [-0.3, -0.25) is 0 Å². The van der Waals surface area contributed by atoms with Gasteiger partial charge in [-0.1, -0.05) is 19.3 Å². The number of hydrogen-bond acceptors (Lipinski definition) is 3. The van der Waals surface area contributed by atoms with Crippen LogP contribution in [0.1, 0.15) is 44.9 Å². The molecule has 1 saturated heterocycles. The lowest BCUT2D eigenvalue weighted by molar-refractivity contribution is 0.233. The Bertz CT molecular complexity index is 371. The van der Waals surface area contributed by atoms with Crippen LogP contribution in [0.3, 0.4) is 0 Å². The van der Waals surface area contributed by atoms with Crippen molar-refractivity contribution in [2.24, 2.45) is 11.7 Å². The first-order valence-electron chi connectivity index (χ1n) is 7.49.